The van der Waals surface area contributed by atoms with E-state index >= 15 is 0 Å². The zero-order chi connectivity index (χ0) is 17.0. The number of carbonyl (C=O) groups excluding carboxylic acids is 3. The number of halogens is 1. The lowest BCUT2D eigenvalue weighted by molar-refractivity contribution is -0.195. The Morgan fingerprint density at radius 1 is 1.13 bits per heavy atom. The van der Waals surface area contributed by atoms with Gasteiger partial charge in [0.1, 0.15) is 5.82 Å². The average Bonchev–Trinajstić information content (AvgIpc) is 2.63. The number of para-hydroxylation sites is 1. The molecule has 1 saturated carbocycles. The number of anilines is 1. The van der Waals surface area contributed by atoms with E-state index in [0.717, 1.165) is 0 Å². The number of nitrogens with one attached hydrogen (secondary N) is 1. The summed E-state index contributed by atoms with van der Waals surface area (Å²) in [4.78, 5) is 37.5. The number of benzene rings is 1. The number of cyclic esters (lactones) is 2. The van der Waals surface area contributed by atoms with Crippen molar-refractivity contribution in [1.29, 1.82) is 0 Å². The van der Waals surface area contributed by atoms with E-state index in [1.807, 2.05) is 0 Å². The molecule has 1 aliphatic carbocycles. The third-order valence-electron chi connectivity index (χ3n) is 5.94. The molecule has 3 rings (SSSR count). The Morgan fingerprint density at radius 2 is 1.78 bits per heavy atom. The molecule has 1 aliphatic heterocycles. The van der Waals surface area contributed by atoms with Crippen molar-refractivity contribution in [2.24, 2.45) is 16.2 Å². The summed E-state index contributed by atoms with van der Waals surface area (Å²) in [6.07, 6.45) is 0.566. The molecule has 0 spiro atoms. The molecule has 1 heterocycles. The van der Waals surface area contributed by atoms with Crippen molar-refractivity contribution in [3.8, 4) is 0 Å². The molecule has 2 atom stereocenters. The number of hydrogen-bond acceptors (Lipinski definition) is 4. The van der Waals surface area contributed by atoms with Crippen molar-refractivity contribution in [2.45, 2.75) is 33.6 Å². The number of amides is 1. The molecule has 1 aromatic rings. The molecule has 1 N–H and O–H groups in total. The predicted molar refractivity (Wildman–Crippen MR) is 79.7 cm³/mol. The summed E-state index contributed by atoms with van der Waals surface area (Å²) >= 11 is 0. The van der Waals surface area contributed by atoms with Crippen molar-refractivity contribution in [3.63, 3.8) is 0 Å². The number of carbonyl (C=O) groups is 3. The zero-order valence-corrected chi connectivity index (χ0v) is 13.2. The van der Waals surface area contributed by atoms with Crippen LogP contribution in [0.5, 0.6) is 0 Å². The zero-order valence-electron chi connectivity index (χ0n) is 13.2. The molecule has 1 aromatic carbocycles. The second kappa shape index (κ2) is 4.63. The Balaban J connectivity index is 2.04. The van der Waals surface area contributed by atoms with E-state index in [0.29, 0.717) is 6.42 Å². The highest BCUT2D eigenvalue weighted by molar-refractivity contribution is 6.15. The normalized spacial score (nSPS) is 31.7. The molecule has 2 aliphatic rings. The summed E-state index contributed by atoms with van der Waals surface area (Å²) in [5, 5.41) is 2.49. The van der Waals surface area contributed by atoms with Crippen LogP contribution in [-0.2, 0) is 19.1 Å². The quantitative estimate of drug-likeness (QED) is 0.672. The van der Waals surface area contributed by atoms with Gasteiger partial charge < -0.3 is 10.1 Å². The molecular weight excluding hydrogens is 301 g/mol. The number of rotatable bonds is 2. The first-order valence-corrected chi connectivity index (χ1v) is 7.49. The van der Waals surface area contributed by atoms with Gasteiger partial charge in [0, 0.05) is 5.41 Å². The molecule has 2 unspecified atom stereocenters. The average molecular weight is 319 g/mol. The van der Waals surface area contributed by atoms with Crippen LogP contribution in [0.25, 0.3) is 0 Å². The highest BCUT2D eigenvalue weighted by Crippen LogP contribution is 2.66. The van der Waals surface area contributed by atoms with Gasteiger partial charge in [-0.15, -0.1) is 0 Å². The molecule has 6 heteroatoms. The van der Waals surface area contributed by atoms with Gasteiger partial charge in [-0.05, 0) is 31.9 Å². The van der Waals surface area contributed by atoms with Crippen LogP contribution in [0.4, 0.5) is 10.1 Å². The molecule has 0 radical (unpaired) electrons. The highest BCUT2D eigenvalue weighted by atomic mass is 19.1. The first-order chi connectivity index (χ1) is 10.7. The predicted octanol–water partition coefficient (Wildman–Crippen LogP) is 2.66. The number of ether oxygens (including phenoxy) is 1. The summed E-state index contributed by atoms with van der Waals surface area (Å²) in [6, 6.07) is 5.74. The van der Waals surface area contributed by atoms with E-state index in [2.05, 4.69) is 5.32 Å². The Bertz CT molecular complexity index is 729. The largest absolute Gasteiger partial charge is 0.392 e. The van der Waals surface area contributed by atoms with Crippen LogP contribution in [0.1, 0.15) is 33.6 Å². The Hall–Kier alpha value is -2.24. The van der Waals surface area contributed by atoms with Gasteiger partial charge in [-0.3, -0.25) is 14.4 Å². The molecule has 122 valence electrons. The van der Waals surface area contributed by atoms with Crippen LogP contribution in [0.2, 0.25) is 0 Å². The SMILES string of the molecule is CC12CCC(C(=O)Nc3ccccc3F)(C(=O)OC1=O)C2(C)C. The highest BCUT2D eigenvalue weighted by Gasteiger charge is 2.75. The molecule has 1 saturated heterocycles. The lowest BCUT2D eigenvalue weighted by Gasteiger charge is -2.48. The smallest absolute Gasteiger partial charge is 0.329 e. The third-order valence-corrected chi connectivity index (χ3v) is 5.94. The van der Waals surface area contributed by atoms with Crippen LogP contribution in [0.3, 0.4) is 0 Å². The molecule has 5 nitrogen and oxygen atoms in total. The number of hydrogen-bond donors (Lipinski definition) is 1. The fourth-order valence-corrected chi connectivity index (χ4v) is 3.81. The van der Waals surface area contributed by atoms with Crippen molar-refractivity contribution in [3.05, 3.63) is 30.1 Å². The molecule has 2 bridgehead atoms. The van der Waals surface area contributed by atoms with E-state index in [1.165, 1.54) is 18.2 Å². The van der Waals surface area contributed by atoms with Crippen LogP contribution in [0.15, 0.2) is 24.3 Å². The summed E-state index contributed by atoms with van der Waals surface area (Å²) in [5.41, 5.74) is -3.35. The molecule has 1 amide bonds. The Morgan fingerprint density at radius 3 is 2.43 bits per heavy atom. The monoisotopic (exact) mass is 319 g/mol. The number of fused-ring (bicyclic) bond motifs is 2. The maximum atomic E-state index is 13.8. The van der Waals surface area contributed by atoms with Crippen molar-refractivity contribution in [1.82, 2.24) is 0 Å². The number of esters is 2. The van der Waals surface area contributed by atoms with Gasteiger partial charge in [0.15, 0.2) is 5.41 Å². The summed E-state index contributed by atoms with van der Waals surface area (Å²) in [6.45, 7) is 5.15. The van der Waals surface area contributed by atoms with E-state index < -0.39 is 39.9 Å². The van der Waals surface area contributed by atoms with Crippen LogP contribution in [-0.4, -0.2) is 17.8 Å². The van der Waals surface area contributed by atoms with E-state index in [9.17, 15) is 18.8 Å². The topological polar surface area (TPSA) is 72.5 Å². The maximum absolute atomic E-state index is 13.8. The van der Waals surface area contributed by atoms with E-state index in [-0.39, 0.29) is 12.1 Å². The summed E-state index contributed by atoms with van der Waals surface area (Å²) < 4.78 is 18.7. The van der Waals surface area contributed by atoms with Gasteiger partial charge >= 0.3 is 11.9 Å². The third kappa shape index (κ3) is 1.75. The van der Waals surface area contributed by atoms with Gasteiger partial charge in [0.25, 0.3) is 0 Å². The lowest BCUT2D eigenvalue weighted by Crippen LogP contribution is -2.61. The van der Waals surface area contributed by atoms with Gasteiger partial charge in [-0.25, -0.2) is 4.39 Å². The van der Waals surface area contributed by atoms with Gasteiger partial charge in [-0.1, -0.05) is 26.0 Å². The first kappa shape index (κ1) is 15.6. The van der Waals surface area contributed by atoms with Gasteiger partial charge in [-0.2, -0.15) is 0 Å². The fourth-order valence-electron chi connectivity index (χ4n) is 3.81. The second-order valence-electron chi connectivity index (χ2n) is 6.97. The minimum atomic E-state index is -1.50. The minimum Gasteiger partial charge on any atom is -0.392 e. The van der Waals surface area contributed by atoms with E-state index in [4.69, 9.17) is 4.74 Å². The Kier molecular flexibility index (Phi) is 3.15. The van der Waals surface area contributed by atoms with Gasteiger partial charge in [0.2, 0.25) is 5.91 Å². The van der Waals surface area contributed by atoms with Crippen molar-refractivity contribution in [2.75, 3.05) is 5.32 Å². The van der Waals surface area contributed by atoms with Crippen LogP contribution in [0, 0.1) is 22.1 Å². The maximum Gasteiger partial charge on any atom is 0.329 e. The van der Waals surface area contributed by atoms with Crippen LogP contribution >= 0.6 is 0 Å². The lowest BCUT2D eigenvalue weighted by atomic mass is 9.57. The Labute approximate surface area is 133 Å². The molecule has 23 heavy (non-hydrogen) atoms. The minimum absolute atomic E-state index is 0.000906. The molecule has 0 aromatic heterocycles. The van der Waals surface area contributed by atoms with Crippen molar-refractivity contribution < 1.29 is 23.5 Å². The standard InChI is InChI=1S/C17H18FNO4/c1-15(2)16(3)8-9-17(15,14(22)23-13(16)21)12(20)19-11-7-5-4-6-10(11)18/h4-7H,8-9H2,1-3H3,(H,19,20). The first-order valence-electron chi connectivity index (χ1n) is 7.49. The van der Waals surface area contributed by atoms with Crippen LogP contribution < -0.4 is 5.32 Å². The molecule has 2 fully saturated rings. The fraction of sp³-hybridized carbons (Fsp3) is 0.471. The van der Waals surface area contributed by atoms with Crippen molar-refractivity contribution >= 4 is 23.5 Å². The summed E-state index contributed by atoms with van der Waals surface area (Å²) in [7, 11) is 0. The van der Waals surface area contributed by atoms with E-state index in [1.54, 1.807) is 26.8 Å². The van der Waals surface area contributed by atoms with Gasteiger partial charge in [0.05, 0.1) is 11.1 Å². The second-order valence-corrected chi connectivity index (χ2v) is 6.97. The molecular formula is C17H18FNO4. The summed E-state index contributed by atoms with van der Waals surface area (Å²) in [5.74, 6) is -2.67.